The van der Waals surface area contributed by atoms with Crippen molar-refractivity contribution in [3.05, 3.63) is 12.1 Å². The van der Waals surface area contributed by atoms with Crippen molar-refractivity contribution in [2.45, 2.75) is 69.6 Å². The van der Waals surface area contributed by atoms with Gasteiger partial charge in [-0.05, 0) is 40.5 Å². The minimum Gasteiger partial charge on any atom is -0.472 e. The summed E-state index contributed by atoms with van der Waals surface area (Å²) in [6, 6.07) is 1.42. The van der Waals surface area contributed by atoms with Crippen LogP contribution in [-0.4, -0.2) is 86.2 Å². The third-order valence-electron chi connectivity index (χ3n) is 6.20. The van der Waals surface area contributed by atoms with E-state index in [-0.39, 0.29) is 30.8 Å². The van der Waals surface area contributed by atoms with E-state index in [9.17, 15) is 21.6 Å². The summed E-state index contributed by atoms with van der Waals surface area (Å²) in [5.74, 6) is 0.355. The Morgan fingerprint density at radius 3 is 2.38 bits per heavy atom. The number of pyridine rings is 1. The van der Waals surface area contributed by atoms with Gasteiger partial charge in [0, 0.05) is 50.0 Å². The van der Waals surface area contributed by atoms with E-state index in [4.69, 9.17) is 9.47 Å². The second-order valence-corrected chi connectivity index (χ2v) is 12.4. The van der Waals surface area contributed by atoms with Crippen molar-refractivity contribution in [3.63, 3.8) is 0 Å². The van der Waals surface area contributed by atoms with Gasteiger partial charge in [0.2, 0.25) is 15.9 Å². The van der Waals surface area contributed by atoms with Gasteiger partial charge in [0.15, 0.2) is 0 Å². The number of piperazine rings is 1. The summed E-state index contributed by atoms with van der Waals surface area (Å²) in [4.78, 5) is 7.68. The number of ether oxygens (including phenoxy) is 2. The number of hydrogen-bond acceptors (Lipinski definition) is 7. The first-order chi connectivity index (χ1) is 15.8. The van der Waals surface area contributed by atoms with Crippen molar-refractivity contribution >= 4 is 21.5 Å². The monoisotopic (exact) mass is 506 g/mol. The van der Waals surface area contributed by atoms with Crippen LogP contribution in [0.2, 0.25) is 0 Å². The van der Waals surface area contributed by atoms with Gasteiger partial charge in [-0.15, -0.1) is 0 Å². The molecule has 4 rings (SSSR count). The van der Waals surface area contributed by atoms with Crippen LogP contribution in [0.15, 0.2) is 12.1 Å². The average Bonchev–Trinajstić information content (AvgIpc) is 3.57. The number of halogens is 3. The molecule has 0 aromatic carbocycles. The second-order valence-electron chi connectivity index (χ2n) is 10.2. The molecule has 2 saturated heterocycles. The zero-order chi connectivity index (χ0) is 24.9. The SMILES string of the molecule is C[C@@H]1COCCN1c1cc(OC(C)(C)C)nc(N2CCN(S(=O)(=O)C3CC3)C[C@H]2C(F)(F)F)c1. The molecule has 3 fully saturated rings. The van der Waals surface area contributed by atoms with Crippen molar-refractivity contribution < 1.29 is 31.1 Å². The Morgan fingerprint density at radius 2 is 1.79 bits per heavy atom. The maximum Gasteiger partial charge on any atom is 0.410 e. The highest BCUT2D eigenvalue weighted by atomic mass is 32.2. The summed E-state index contributed by atoms with van der Waals surface area (Å²) in [5, 5.41) is -0.552. The van der Waals surface area contributed by atoms with Gasteiger partial charge in [-0.1, -0.05) is 0 Å². The van der Waals surface area contributed by atoms with E-state index in [0.717, 1.165) is 4.31 Å². The van der Waals surface area contributed by atoms with E-state index in [2.05, 4.69) is 9.88 Å². The summed E-state index contributed by atoms with van der Waals surface area (Å²) in [6.07, 6.45) is -3.62. The highest BCUT2D eigenvalue weighted by molar-refractivity contribution is 7.90. The van der Waals surface area contributed by atoms with Crippen LogP contribution >= 0.6 is 0 Å². The summed E-state index contributed by atoms with van der Waals surface area (Å²) in [5.41, 5.74) is 0.106. The van der Waals surface area contributed by atoms with E-state index in [1.807, 2.05) is 27.7 Å². The molecule has 8 nitrogen and oxygen atoms in total. The van der Waals surface area contributed by atoms with Crippen LogP contribution in [0.5, 0.6) is 5.88 Å². The Labute approximate surface area is 199 Å². The van der Waals surface area contributed by atoms with E-state index in [1.165, 1.54) is 4.90 Å². The number of sulfonamides is 1. The Balaban J connectivity index is 1.70. The molecule has 1 aromatic heterocycles. The van der Waals surface area contributed by atoms with Crippen LogP contribution in [0.3, 0.4) is 0 Å². The third kappa shape index (κ3) is 5.54. The first kappa shape index (κ1) is 25.3. The topological polar surface area (TPSA) is 75.2 Å². The summed E-state index contributed by atoms with van der Waals surface area (Å²) < 4.78 is 80.4. The van der Waals surface area contributed by atoms with Gasteiger partial charge in [-0.2, -0.15) is 22.5 Å². The van der Waals surface area contributed by atoms with Gasteiger partial charge in [0.05, 0.1) is 18.5 Å². The van der Waals surface area contributed by atoms with Crippen LogP contribution in [0.1, 0.15) is 40.5 Å². The van der Waals surface area contributed by atoms with Crippen molar-refractivity contribution in [2.24, 2.45) is 0 Å². The zero-order valence-corrected chi connectivity index (χ0v) is 20.8. The fourth-order valence-corrected chi connectivity index (χ4v) is 6.23. The number of alkyl halides is 3. The highest BCUT2D eigenvalue weighted by Crippen LogP contribution is 2.38. The molecule has 1 saturated carbocycles. The molecule has 0 radical (unpaired) electrons. The molecule has 3 heterocycles. The maximum absolute atomic E-state index is 14.2. The van der Waals surface area contributed by atoms with Crippen molar-refractivity contribution in [2.75, 3.05) is 49.2 Å². The van der Waals surface area contributed by atoms with E-state index < -0.39 is 39.6 Å². The summed E-state index contributed by atoms with van der Waals surface area (Å²) in [7, 11) is -3.71. The molecule has 1 aromatic rings. The maximum atomic E-state index is 14.2. The van der Waals surface area contributed by atoms with Crippen LogP contribution < -0.4 is 14.5 Å². The lowest BCUT2D eigenvalue weighted by molar-refractivity contribution is -0.153. The molecule has 0 N–H and O–H groups in total. The lowest BCUT2D eigenvalue weighted by Crippen LogP contribution is -2.61. The van der Waals surface area contributed by atoms with Crippen LogP contribution in [0.25, 0.3) is 0 Å². The fraction of sp³-hybridized carbons (Fsp3) is 0.773. The molecule has 0 unspecified atom stereocenters. The van der Waals surface area contributed by atoms with Gasteiger partial charge >= 0.3 is 6.18 Å². The number of morpholine rings is 1. The van der Waals surface area contributed by atoms with Crippen LogP contribution in [-0.2, 0) is 14.8 Å². The minimum atomic E-state index is -4.63. The van der Waals surface area contributed by atoms with Gasteiger partial charge in [0.1, 0.15) is 17.5 Å². The Kier molecular flexibility index (Phi) is 6.71. The molecule has 2 atom stereocenters. The number of rotatable bonds is 5. The number of hydrogen-bond donors (Lipinski definition) is 0. The largest absolute Gasteiger partial charge is 0.472 e. The number of nitrogens with zero attached hydrogens (tertiary/aromatic N) is 4. The number of anilines is 2. The van der Waals surface area contributed by atoms with Crippen LogP contribution in [0.4, 0.5) is 24.7 Å². The van der Waals surface area contributed by atoms with E-state index in [1.54, 1.807) is 12.1 Å². The molecule has 3 aliphatic rings. The molecule has 0 amide bonds. The quantitative estimate of drug-likeness (QED) is 0.608. The number of aromatic nitrogens is 1. The normalized spacial score (nSPS) is 25.5. The van der Waals surface area contributed by atoms with Crippen molar-refractivity contribution in [1.29, 1.82) is 0 Å². The van der Waals surface area contributed by atoms with E-state index >= 15 is 0 Å². The average molecular weight is 507 g/mol. The molecule has 192 valence electrons. The summed E-state index contributed by atoms with van der Waals surface area (Å²) in [6.45, 7) is 8.38. The fourth-order valence-electron chi connectivity index (χ4n) is 4.39. The molecule has 0 bridgehead atoms. The Morgan fingerprint density at radius 1 is 1.09 bits per heavy atom. The lowest BCUT2D eigenvalue weighted by atomic mass is 10.1. The Bertz CT molecular complexity index is 995. The molecule has 2 aliphatic heterocycles. The van der Waals surface area contributed by atoms with Gasteiger partial charge in [-0.3, -0.25) is 0 Å². The molecule has 34 heavy (non-hydrogen) atoms. The molecular formula is C22H33F3N4O4S. The predicted octanol–water partition coefficient (Wildman–Crippen LogP) is 3.03. The minimum absolute atomic E-state index is 0.0132. The second kappa shape index (κ2) is 9.02. The Hall–Kier alpha value is -1.79. The van der Waals surface area contributed by atoms with Crippen molar-refractivity contribution in [3.8, 4) is 5.88 Å². The zero-order valence-electron chi connectivity index (χ0n) is 20.0. The lowest BCUT2D eigenvalue weighted by Gasteiger charge is -2.42. The first-order valence-corrected chi connectivity index (χ1v) is 13.1. The van der Waals surface area contributed by atoms with Crippen LogP contribution in [0, 0.1) is 0 Å². The van der Waals surface area contributed by atoms with Gasteiger partial charge in [-0.25, -0.2) is 8.42 Å². The first-order valence-electron chi connectivity index (χ1n) is 11.6. The smallest absolute Gasteiger partial charge is 0.410 e. The molecule has 1 aliphatic carbocycles. The van der Waals surface area contributed by atoms with Gasteiger partial charge in [0.25, 0.3) is 0 Å². The molecule has 0 spiro atoms. The van der Waals surface area contributed by atoms with Crippen molar-refractivity contribution in [1.82, 2.24) is 9.29 Å². The predicted molar refractivity (Wildman–Crippen MR) is 123 cm³/mol. The standard InChI is InChI=1S/C22H33F3N4O4S/c1-15-14-32-10-9-28(15)16-11-19(26-20(12-16)33-21(2,3)4)29-8-7-27(13-18(29)22(23,24)25)34(30,31)17-5-6-17/h11-12,15,17-18H,5-10,13-14H2,1-4H3/t15-,18+/m1/s1. The van der Waals surface area contributed by atoms with E-state index in [0.29, 0.717) is 38.3 Å². The van der Waals surface area contributed by atoms with Gasteiger partial charge < -0.3 is 19.3 Å². The molecule has 12 heteroatoms. The highest BCUT2D eigenvalue weighted by Gasteiger charge is 2.51. The molecular weight excluding hydrogens is 473 g/mol. The summed E-state index contributed by atoms with van der Waals surface area (Å²) >= 11 is 0. The third-order valence-corrected chi connectivity index (χ3v) is 8.57.